The number of aliphatic hydroxyl groups is 1. The zero-order valence-corrected chi connectivity index (χ0v) is 26.4. The number of amides is 1. The van der Waals surface area contributed by atoms with Gasteiger partial charge in [-0.3, -0.25) is 10.2 Å². The molecular weight excluding hydrogens is 618 g/mol. The minimum absolute atomic E-state index is 0.0748. The van der Waals surface area contributed by atoms with Gasteiger partial charge in [0.2, 0.25) is 5.90 Å². The lowest BCUT2D eigenvalue weighted by atomic mass is 9.82. The van der Waals surface area contributed by atoms with Gasteiger partial charge in [0.25, 0.3) is 5.91 Å². The minimum Gasteiger partial charge on any atom is -0.494 e. The molecule has 0 saturated heterocycles. The molecule has 0 saturated carbocycles. The Labute approximate surface area is 267 Å². The highest BCUT2D eigenvalue weighted by Gasteiger charge is 2.53. The summed E-state index contributed by atoms with van der Waals surface area (Å²) in [4.78, 5) is 19.4. The standard InChI is InChI=1S/C36H38BrN3O4/c1-2-3-22-38-40-35(42)36(25-30-12-7-8-13-32(30)37)33(28-16-14-27(15-17-28)26-10-5-4-6-11-26)44-34(39-36)29-18-20-31(21-19-29)43-24-9-23-41/h4-8,10-21,33,38,41H,2-3,9,22-25H2,1H3,(H,40,42)/t33-,36-/m0/s1. The second kappa shape index (κ2) is 15.1. The molecule has 4 aromatic carbocycles. The maximum absolute atomic E-state index is 14.3. The number of carbonyl (C=O) groups excluding carboxylic acids is 1. The van der Waals surface area contributed by atoms with Crippen LogP contribution in [0.1, 0.15) is 49.0 Å². The molecular formula is C36H38BrN3O4. The van der Waals surface area contributed by atoms with E-state index in [4.69, 9.17) is 19.6 Å². The van der Waals surface area contributed by atoms with E-state index in [-0.39, 0.29) is 12.5 Å². The molecule has 0 unspecified atom stereocenters. The van der Waals surface area contributed by atoms with Crippen LogP contribution < -0.4 is 15.6 Å². The lowest BCUT2D eigenvalue weighted by Crippen LogP contribution is -2.54. The first-order valence-corrected chi connectivity index (χ1v) is 15.9. The highest BCUT2D eigenvalue weighted by Crippen LogP contribution is 2.43. The smallest absolute Gasteiger partial charge is 0.266 e. The zero-order chi connectivity index (χ0) is 30.8. The number of unbranched alkanes of at least 4 members (excludes halogenated alkanes) is 1. The first-order chi connectivity index (χ1) is 21.5. The molecule has 7 nitrogen and oxygen atoms in total. The van der Waals surface area contributed by atoms with Gasteiger partial charge in [0, 0.05) is 36.0 Å². The number of nitrogens with one attached hydrogen (secondary N) is 2. The largest absolute Gasteiger partial charge is 0.494 e. The Morgan fingerprint density at radius 3 is 2.30 bits per heavy atom. The minimum atomic E-state index is -1.30. The zero-order valence-electron chi connectivity index (χ0n) is 24.8. The fourth-order valence-electron chi connectivity index (χ4n) is 5.21. The van der Waals surface area contributed by atoms with Crippen LogP contribution in [0.5, 0.6) is 5.75 Å². The Balaban J connectivity index is 1.55. The molecule has 0 aromatic heterocycles. The fraction of sp³-hybridized carbons (Fsp3) is 0.278. The average Bonchev–Trinajstić information content (AvgIpc) is 3.45. The molecule has 0 radical (unpaired) electrons. The third-order valence-corrected chi connectivity index (χ3v) is 8.40. The summed E-state index contributed by atoms with van der Waals surface area (Å²) in [6.07, 6.45) is 2.11. The van der Waals surface area contributed by atoms with E-state index in [1.165, 1.54) is 0 Å². The molecule has 1 amide bonds. The van der Waals surface area contributed by atoms with E-state index < -0.39 is 11.6 Å². The molecule has 0 bridgehead atoms. The van der Waals surface area contributed by atoms with Crippen molar-refractivity contribution in [2.45, 2.75) is 44.2 Å². The molecule has 1 heterocycles. The Hall–Kier alpha value is -3.98. The maximum Gasteiger partial charge on any atom is 0.266 e. The number of aliphatic imine (C=N–C) groups is 1. The van der Waals surface area contributed by atoms with Crippen molar-refractivity contribution in [1.29, 1.82) is 0 Å². The van der Waals surface area contributed by atoms with E-state index in [2.05, 4.69) is 58.0 Å². The molecule has 8 heteroatoms. The van der Waals surface area contributed by atoms with Gasteiger partial charge in [-0.2, -0.15) is 0 Å². The van der Waals surface area contributed by atoms with Crippen LogP contribution in [-0.2, 0) is 16.0 Å². The van der Waals surface area contributed by atoms with Crippen molar-refractivity contribution in [3.8, 4) is 16.9 Å². The van der Waals surface area contributed by atoms with Gasteiger partial charge in [-0.1, -0.05) is 102 Å². The van der Waals surface area contributed by atoms with Crippen LogP contribution in [0, 0.1) is 0 Å². The number of aliphatic hydroxyl groups excluding tert-OH is 1. The topological polar surface area (TPSA) is 92.2 Å². The number of hydrazine groups is 1. The Kier molecular flexibility index (Phi) is 10.8. The van der Waals surface area contributed by atoms with Crippen LogP contribution >= 0.6 is 15.9 Å². The first kappa shape index (κ1) is 31.4. The third-order valence-electron chi connectivity index (χ3n) is 7.63. The summed E-state index contributed by atoms with van der Waals surface area (Å²) in [5.74, 6) is 0.812. The summed E-state index contributed by atoms with van der Waals surface area (Å²) in [5, 5.41) is 9.07. The van der Waals surface area contributed by atoms with E-state index in [9.17, 15) is 4.79 Å². The van der Waals surface area contributed by atoms with Gasteiger partial charge in [0.15, 0.2) is 11.6 Å². The number of ether oxygens (including phenoxy) is 2. The second-order valence-electron chi connectivity index (χ2n) is 10.8. The molecule has 2 atom stereocenters. The maximum atomic E-state index is 14.3. The highest BCUT2D eigenvalue weighted by atomic mass is 79.9. The Morgan fingerprint density at radius 1 is 0.909 bits per heavy atom. The quantitative estimate of drug-likeness (QED) is 0.103. The first-order valence-electron chi connectivity index (χ1n) is 15.1. The molecule has 228 valence electrons. The number of carbonyl (C=O) groups is 1. The Morgan fingerprint density at radius 2 is 1.59 bits per heavy atom. The van der Waals surface area contributed by atoms with Crippen LogP contribution in [0.15, 0.2) is 113 Å². The summed E-state index contributed by atoms with van der Waals surface area (Å²) in [6.45, 7) is 3.26. The predicted octanol–water partition coefficient (Wildman–Crippen LogP) is 6.80. The summed E-state index contributed by atoms with van der Waals surface area (Å²) >= 11 is 3.69. The number of hydrogen-bond donors (Lipinski definition) is 3. The lowest BCUT2D eigenvalue weighted by molar-refractivity contribution is -0.130. The molecule has 0 spiro atoms. The van der Waals surface area contributed by atoms with Gasteiger partial charge in [0.1, 0.15) is 5.75 Å². The molecule has 44 heavy (non-hydrogen) atoms. The third kappa shape index (κ3) is 7.38. The average molecular weight is 657 g/mol. The lowest BCUT2D eigenvalue weighted by Gasteiger charge is -2.31. The normalized spacial score (nSPS) is 17.5. The van der Waals surface area contributed by atoms with E-state index in [1.54, 1.807) is 0 Å². The van der Waals surface area contributed by atoms with Crippen molar-refractivity contribution in [1.82, 2.24) is 10.9 Å². The van der Waals surface area contributed by atoms with Gasteiger partial charge in [-0.25, -0.2) is 10.4 Å². The highest BCUT2D eigenvalue weighted by molar-refractivity contribution is 9.10. The van der Waals surface area contributed by atoms with Crippen LogP contribution in [0.4, 0.5) is 0 Å². The van der Waals surface area contributed by atoms with Crippen LogP contribution in [0.2, 0.25) is 0 Å². The molecule has 3 N–H and O–H groups in total. The van der Waals surface area contributed by atoms with Crippen molar-refractivity contribution in [3.63, 3.8) is 0 Å². The molecule has 0 fully saturated rings. The second-order valence-corrected chi connectivity index (χ2v) is 11.6. The number of halogens is 1. The number of hydrogen-bond acceptors (Lipinski definition) is 6. The predicted molar refractivity (Wildman–Crippen MR) is 178 cm³/mol. The van der Waals surface area contributed by atoms with Crippen molar-refractivity contribution >= 4 is 27.7 Å². The molecule has 5 rings (SSSR count). The van der Waals surface area contributed by atoms with E-state index in [1.807, 2.05) is 78.9 Å². The SMILES string of the molecule is CCCCNNC(=O)[C@@]1(Cc2ccccc2Br)N=C(c2ccc(OCCCO)cc2)O[C@H]1c1ccc(-c2ccccc2)cc1. The summed E-state index contributed by atoms with van der Waals surface area (Å²) in [7, 11) is 0. The van der Waals surface area contributed by atoms with Gasteiger partial charge in [0.05, 0.1) is 6.61 Å². The van der Waals surface area contributed by atoms with Crippen molar-refractivity contribution < 1.29 is 19.4 Å². The number of rotatable bonds is 14. The molecule has 4 aromatic rings. The summed E-state index contributed by atoms with van der Waals surface area (Å²) in [5.41, 5.74) is 9.49. The number of benzene rings is 4. The van der Waals surface area contributed by atoms with Crippen LogP contribution in [0.3, 0.4) is 0 Å². The fourth-order valence-corrected chi connectivity index (χ4v) is 5.64. The van der Waals surface area contributed by atoms with Gasteiger partial charge < -0.3 is 14.6 Å². The molecule has 0 aliphatic carbocycles. The van der Waals surface area contributed by atoms with Gasteiger partial charge in [-0.15, -0.1) is 0 Å². The summed E-state index contributed by atoms with van der Waals surface area (Å²) < 4.78 is 13.3. The summed E-state index contributed by atoms with van der Waals surface area (Å²) in [6, 6.07) is 33.7. The van der Waals surface area contributed by atoms with Crippen LogP contribution in [-0.4, -0.2) is 42.2 Å². The number of nitrogens with zero attached hydrogens (tertiary/aromatic N) is 1. The van der Waals surface area contributed by atoms with Crippen molar-refractivity contribution in [2.24, 2.45) is 4.99 Å². The van der Waals surface area contributed by atoms with Crippen molar-refractivity contribution in [2.75, 3.05) is 19.8 Å². The molecule has 1 aliphatic rings. The van der Waals surface area contributed by atoms with E-state index >= 15 is 0 Å². The van der Waals surface area contributed by atoms with Gasteiger partial charge >= 0.3 is 0 Å². The van der Waals surface area contributed by atoms with Gasteiger partial charge in [-0.05, 0) is 59.0 Å². The van der Waals surface area contributed by atoms with Crippen LogP contribution in [0.25, 0.3) is 11.1 Å². The monoisotopic (exact) mass is 655 g/mol. The van der Waals surface area contributed by atoms with E-state index in [0.717, 1.165) is 45.1 Å². The Bertz CT molecular complexity index is 1540. The van der Waals surface area contributed by atoms with E-state index in [0.29, 0.717) is 37.6 Å². The van der Waals surface area contributed by atoms with Crippen molar-refractivity contribution in [3.05, 3.63) is 124 Å². The molecule has 1 aliphatic heterocycles.